The fourth-order valence-corrected chi connectivity index (χ4v) is 2.84. The number of likely N-dealkylation sites (tertiary alicyclic amines) is 1. The molecule has 1 aromatic carbocycles. The summed E-state index contributed by atoms with van der Waals surface area (Å²) in [6, 6.07) is 7.60. The number of carbonyl (C=O) groups is 2. The van der Waals surface area contributed by atoms with Crippen LogP contribution in [0.25, 0.3) is 0 Å². The number of nitrogens with zero attached hydrogens (tertiary/aromatic N) is 2. The number of piperidine rings is 1. The lowest BCUT2D eigenvalue weighted by Crippen LogP contribution is -2.43. The molecule has 138 valence electrons. The van der Waals surface area contributed by atoms with E-state index in [2.05, 4.69) is 10.5 Å². The zero-order valence-electron chi connectivity index (χ0n) is 14.4. The van der Waals surface area contributed by atoms with E-state index in [9.17, 15) is 14.0 Å². The van der Waals surface area contributed by atoms with Crippen molar-refractivity contribution in [1.82, 2.24) is 10.1 Å². The minimum absolute atomic E-state index is 0.0537. The predicted molar refractivity (Wildman–Crippen MR) is 91.1 cm³/mol. The number of halogens is 1. The van der Waals surface area contributed by atoms with Crippen LogP contribution >= 0.6 is 0 Å². The number of hydrogen-bond acceptors (Lipinski definition) is 5. The summed E-state index contributed by atoms with van der Waals surface area (Å²) in [7, 11) is 0. The fraction of sp³-hybridized carbons (Fsp3) is 0.389. The summed E-state index contributed by atoms with van der Waals surface area (Å²) in [6.07, 6.45) is 1.10. The number of rotatable bonds is 5. The van der Waals surface area contributed by atoms with Crippen molar-refractivity contribution in [3.8, 4) is 5.75 Å². The number of aromatic nitrogens is 1. The van der Waals surface area contributed by atoms with Crippen molar-refractivity contribution in [1.29, 1.82) is 0 Å². The second kappa shape index (κ2) is 7.99. The van der Waals surface area contributed by atoms with E-state index in [4.69, 9.17) is 9.26 Å². The predicted octanol–water partition coefficient (Wildman–Crippen LogP) is 2.38. The molecule has 0 atom stereocenters. The van der Waals surface area contributed by atoms with Gasteiger partial charge in [-0.1, -0.05) is 17.3 Å². The molecule has 0 bridgehead atoms. The molecule has 3 rings (SSSR count). The summed E-state index contributed by atoms with van der Waals surface area (Å²) in [6.45, 7) is 2.43. The fourth-order valence-electron chi connectivity index (χ4n) is 2.84. The Balaban J connectivity index is 1.44. The number of aryl methyl sites for hydroxylation is 1. The molecule has 1 aliphatic rings. The van der Waals surface area contributed by atoms with Gasteiger partial charge in [-0.25, -0.2) is 4.39 Å². The molecule has 2 amide bonds. The van der Waals surface area contributed by atoms with Crippen molar-refractivity contribution in [3.63, 3.8) is 0 Å². The van der Waals surface area contributed by atoms with Gasteiger partial charge in [-0.15, -0.1) is 0 Å². The van der Waals surface area contributed by atoms with Crippen LogP contribution in [0, 0.1) is 18.7 Å². The SMILES string of the molecule is Cc1cc(NC(=O)C2CCN(C(=O)COc3ccccc3F)CC2)no1. The van der Waals surface area contributed by atoms with Crippen molar-refractivity contribution in [2.75, 3.05) is 25.0 Å². The smallest absolute Gasteiger partial charge is 0.260 e. The molecule has 1 N–H and O–H groups in total. The topological polar surface area (TPSA) is 84.7 Å². The van der Waals surface area contributed by atoms with Gasteiger partial charge in [-0.2, -0.15) is 0 Å². The zero-order valence-corrected chi connectivity index (χ0v) is 14.4. The lowest BCUT2D eigenvalue weighted by atomic mass is 9.96. The molecule has 0 spiro atoms. The van der Waals surface area contributed by atoms with Crippen molar-refractivity contribution in [3.05, 3.63) is 41.9 Å². The van der Waals surface area contributed by atoms with Gasteiger partial charge < -0.3 is 19.5 Å². The molecule has 2 aromatic rings. The molecule has 0 radical (unpaired) electrons. The van der Waals surface area contributed by atoms with Crippen LogP contribution in [0.2, 0.25) is 0 Å². The lowest BCUT2D eigenvalue weighted by Gasteiger charge is -2.31. The molecule has 8 heteroatoms. The van der Waals surface area contributed by atoms with Crippen molar-refractivity contribution < 1.29 is 23.2 Å². The monoisotopic (exact) mass is 361 g/mol. The van der Waals surface area contributed by atoms with Gasteiger partial charge in [0.25, 0.3) is 5.91 Å². The number of hydrogen-bond donors (Lipinski definition) is 1. The molecule has 2 heterocycles. The average Bonchev–Trinajstić information content (AvgIpc) is 3.05. The summed E-state index contributed by atoms with van der Waals surface area (Å²) in [5, 5.41) is 6.45. The van der Waals surface area contributed by atoms with E-state index in [0.717, 1.165) is 0 Å². The Hall–Kier alpha value is -2.90. The molecule has 1 aromatic heterocycles. The molecule has 0 aliphatic carbocycles. The highest BCUT2D eigenvalue weighted by Gasteiger charge is 2.28. The third kappa shape index (κ3) is 4.38. The minimum atomic E-state index is -0.501. The van der Waals surface area contributed by atoms with Crippen molar-refractivity contribution in [2.24, 2.45) is 5.92 Å². The summed E-state index contributed by atoms with van der Waals surface area (Å²) in [5.41, 5.74) is 0. The van der Waals surface area contributed by atoms with Crippen LogP contribution in [0.1, 0.15) is 18.6 Å². The Kier molecular flexibility index (Phi) is 5.50. The van der Waals surface area contributed by atoms with Crippen LogP contribution in [0.15, 0.2) is 34.9 Å². The Bertz CT molecular complexity index is 784. The van der Waals surface area contributed by atoms with Crippen LogP contribution in [-0.4, -0.2) is 41.6 Å². The maximum Gasteiger partial charge on any atom is 0.260 e. The van der Waals surface area contributed by atoms with E-state index in [1.165, 1.54) is 12.1 Å². The van der Waals surface area contributed by atoms with Gasteiger partial charge in [-0.3, -0.25) is 9.59 Å². The maximum atomic E-state index is 13.5. The number of para-hydroxylation sites is 1. The van der Waals surface area contributed by atoms with Gasteiger partial charge in [0.1, 0.15) is 5.76 Å². The van der Waals surface area contributed by atoms with Crippen LogP contribution in [0.5, 0.6) is 5.75 Å². The molecule has 1 saturated heterocycles. The standard InChI is InChI=1S/C18H20FN3O4/c1-12-10-16(21-26-12)20-18(24)13-6-8-22(9-7-13)17(23)11-25-15-5-3-2-4-14(15)19/h2-5,10,13H,6-9,11H2,1H3,(H,20,21,24). The van der Waals surface area contributed by atoms with Crippen LogP contribution < -0.4 is 10.1 Å². The van der Waals surface area contributed by atoms with Gasteiger partial charge in [0.15, 0.2) is 24.0 Å². The van der Waals surface area contributed by atoms with E-state index >= 15 is 0 Å². The van der Waals surface area contributed by atoms with Crippen LogP contribution in [-0.2, 0) is 9.59 Å². The molecule has 0 saturated carbocycles. The number of carbonyl (C=O) groups excluding carboxylic acids is 2. The normalized spacial score (nSPS) is 14.9. The zero-order chi connectivity index (χ0) is 18.5. The van der Waals surface area contributed by atoms with Crippen LogP contribution in [0.3, 0.4) is 0 Å². The number of anilines is 1. The largest absolute Gasteiger partial charge is 0.481 e. The first-order valence-electron chi connectivity index (χ1n) is 8.42. The Morgan fingerprint density at radius 2 is 2.08 bits per heavy atom. The number of amides is 2. The lowest BCUT2D eigenvalue weighted by molar-refractivity contribution is -0.136. The molecular weight excluding hydrogens is 341 g/mol. The second-order valence-corrected chi connectivity index (χ2v) is 6.19. The molecule has 0 unspecified atom stereocenters. The van der Waals surface area contributed by atoms with E-state index in [1.807, 2.05) is 0 Å². The second-order valence-electron chi connectivity index (χ2n) is 6.19. The minimum Gasteiger partial charge on any atom is -0.481 e. The third-order valence-electron chi connectivity index (χ3n) is 4.29. The Morgan fingerprint density at radius 3 is 2.73 bits per heavy atom. The van der Waals surface area contributed by atoms with Crippen molar-refractivity contribution >= 4 is 17.6 Å². The Labute approximate surface area is 150 Å². The molecule has 1 aliphatic heterocycles. The molecule has 26 heavy (non-hydrogen) atoms. The molecule has 1 fully saturated rings. The quantitative estimate of drug-likeness (QED) is 0.884. The summed E-state index contributed by atoms with van der Waals surface area (Å²) in [4.78, 5) is 26.1. The maximum absolute atomic E-state index is 13.5. The highest BCUT2D eigenvalue weighted by Crippen LogP contribution is 2.20. The van der Waals surface area contributed by atoms with Gasteiger partial charge in [0, 0.05) is 25.1 Å². The molecule has 7 nitrogen and oxygen atoms in total. The van der Waals surface area contributed by atoms with Crippen molar-refractivity contribution in [2.45, 2.75) is 19.8 Å². The van der Waals surface area contributed by atoms with Gasteiger partial charge >= 0.3 is 0 Å². The van der Waals surface area contributed by atoms with E-state index in [-0.39, 0.29) is 30.1 Å². The Morgan fingerprint density at radius 1 is 1.35 bits per heavy atom. The first kappa shape index (κ1) is 17.9. The first-order chi connectivity index (χ1) is 12.5. The van der Waals surface area contributed by atoms with Gasteiger partial charge in [-0.05, 0) is 31.9 Å². The highest BCUT2D eigenvalue weighted by atomic mass is 19.1. The first-order valence-corrected chi connectivity index (χ1v) is 8.42. The van der Waals surface area contributed by atoms with Gasteiger partial charge in [0.2, 0.25) is 5.91 Å². The number of ether oxygens (including phenoxy) is 1. The highest BCUT2D eigenvalue weighted by molar-refractivity contribution is 5.91. The number of nitrogens with one attached hydrogen (secondary N) is 1. The van der Waals surface area contributed by atoms with Crippen LogP contribution in [0.4, 0.5) is 10.2 Å². The third-order valence-corrected chi connectivity index (χ3v) is 4.29. The molecular formula is C18H20FN3O4. The summed E-state index contributed by atoms with van der Waals surface area (Å²) in [5.74, 6) is 0.0208. The van der Waals surface area contributed by atoms with Gasteiger partial charge in [0.05, 0.1) is 0 Å². The summed E-state index contributed by atoms with van der Waals surface area (Å²) < 4.78 is 23.7. The average molecular weight is 361 g/mol. The van der Waals surface area contributed by atoms with E-state index in [0.29, 0.717) is 37.5 Å². The van der Waals surface area contributed by atoms with E-state index in [1.54, 1.807) is 30.0 Å². The number of benzene rings is 1. The summed E-state index contributed by atoms with van der Waals surface area (Å²) >= 11 is 0. The van der Waals surface area contributed by atoms with E-state index < -0.39 is 5.82 Å².